The van der Waals surface area contributed by atoms with E-state index in [1.54, 1.807) is 12.5 Å². The van der Waals surface area contributed by atoms with Crippen LogP contribution in [0.15, 0.2) is 23.1 Å². The summed E-state index contributed by atoms with van der Waals surface area (Å²) in [5, 5.41) is 9.60. The van der Waals surface area contributed by atoms with E-state index in [0.717, 1.165) is 35.3 Å². The fourth-order valence-electron chi connectivity index (χ4n) is 2.94. The van der Waals surface area contributed by atoms with Crippen LogP contribution in [0.2, 0.25) is 0 Å². The maximum Gasteiger partial charge on any atom is 0.188 e. The molecule has 3 aromatic rings. The molecule has 102 valence electrons. The average molecular weight is 269 g/mol. The second kappa shape index (κ2) is 4.40. The smallest absolute Gasteiger partial charge is 0.188 e. The standard InChI is InChI=1S/C14H15N5O/c1-9-6-12(20-18-9)13-11-7-15-8-16-14(11)19(17-13)10-4-2-3-5-10/h6-8,10H,2-5H2,1H3. The van der Waals surface area contributed by atoms with Crippen LogP contribution in [0.3, 0.4) is 0 Å². The molecule has 0 unspecified atom stereocenters. The number of nitrogens with zero attached hydrogens (tertiary/aromatic N) is 5. The maximum atomic E-state index is 5.35. The average Bonchev–Trinajstić information content (AvgIpc) is 3.16. The highest BCUT2D eigenvalue weighted by Gasteiger charge is 2.24. The summed E-state index contributed by atoms with van der Waals surface area (Å²) in [5.41, 5.74) is 2.52. The van der Waals surface area contributed by atoms with Gasteiger partial charge < -0.3 is 4.52 Å². The van der Waals surface area contributed by atoms with Gasteiger partial charge in [-0.25, -0.2) is 14.6 Å². The lowest BCUT2D eigenvalue weighted by atomic mass is 10.2. The predicted molar refractivity (Wildman–Crippen MR) is 73.1 cm³/mol. The molecule has 1 aliphatic rings. The van der Waals surface area contributed by atoms with Gasteiger partial charge >= 0.3 is 0 Å². The van der Waals surface area contributed by atoms with E-state index in [9.17, 15) is 0 Å². The van der Waals surface area contributed by atoms with Crippen LogP contribution in [0.1, 0.15) is 37.4 Å². The van der Waals surface area contributed by atoms with Crippen molar-refractivity contribution in [3.63, 3.8) is 0 Å². The minimum absolute atomic E-state index is 0.435. The summed E-state index contributed by atoms with van der Waals surface area (Å²) in [6, 6.07) is 2.33. The van der Waals surface area contributed by atoms with Crippen molar-refractivity contribution in [3.05, 3.63) is 24.3 Å². The Labute approximate surface area is 115 Å². The number of hydrogen-bond donors (Lipinski definition) is 0. The fourth-order valence-corrected chi connectivity index (χ4v) is 2.94. The normalized spacial score (nSPS) is 16.2. The largest absolute Gasteiger partial charge is 0.354 e. The molecule has 0 amide bonds. The lowest BCUT2D eigenvalue weighted by Gasteiger charge is -2.09. The summed E-state index contributed by atoms with van der Waals surface area (Å²) in [6.07, 6.45) is 8.21. The molecule has 0 bridgehead atoms. The minimum atomic E-state index is 0.435. The molecule has 4 rings (SSSR count). The minimum Gasteiger partial charge on any atom is -0.354 e. The Hall–Kier alpha value is -2.24. The first kappa shape index (κ1) is 11.6. The van der Waals surface area contributed by atoms with Gasteiger partial charge in [0.2, 0.25) is 0 Å². The summed E-state index contributed by atoms with van der Waals surface area (Å²) in [4.78, 5) is 8.53. The van der Waals surface area contributed by atoms with E-state index in [1.807, 2.05) is 17.7 Å². The van der Waals surface area contributed by atoms with Crippen LogP contribution in [-0.2, 0) is 0 Å². The van der Waals surface area contributed by atoms with Crippen molar-refractivity contribution in [3.8, 4) is 11.5 Å². The second-order valence-electron chi connectivity index (χ2n) is 5.32. The Balaban J connectivity index is 1.93. The third-order valence-electron chi connectivity index (χ3n) is 3.90. The zero-order valence-electron chi connectivity index (χ0n) is 11.3. The van der Waals surface area contributed by atoms with Crippen molar-refractivity contribution >= 4 is 11.0 Å². The number of hydrogen-bond acceptors (Lipinski definition) is 5. The van der Waals surface area contributed by atoms with Gasteiger partial charge in [0.1, 0.15) is 12.0 Å². The summed E-state index contributed by atoms with van der Waals surface area (Å²) in [5.74, 6) is 0.680. The van der Waals surface area contributed by atoms with Gasteiger partial charge in [-0.3, -0.25) is 0 Å². The van der Waals surface area contributed by atoms with Crippen LogP contribution in [0, 0.1) is 6.92 Å². The van der Waals surface area contributed by atoms with Crippen LogP contribution in [0.25, 0.3) is 22.5 Å². The van der Waals surface area contributed by atoms with Gasteiger partial charge in [-0.15, -0.1) is 0 Å². The first-order valence-electron chi connectivity index (χ1n) is 6.95. The molecule has 0 radical (unpaired) electrons. The number of aromatic nitrogens is 5. The zero-order valence-corrected chi connectivity index (χ0v) is 11.3. The molecule has 6 heteroatoms. The van der Waals surface area contributed by atoms with E-state index >= 15 is 0 Å². The van der Waals surface area contributed by atoms with Crippen LogP contribution in [0.4, 0.5) is 0 Å². The molecule has 20 heavy (non-hydrogen) atoms. The third kappa shape index (κ3) is 1.71. The van der Waals surface area contributed by atoms with Crippen molar-refractivity contribution in [1.82, 2.24) is 24.9 Å². The number of rotatable bonds is 2. The van der Waals surface area contributed by atoms with Gasteiger partial charge in [-0.05, 0) is 19.8 Å². The Morgan fingerprint density at radius 3 is 2.90 bits per heavy atom. The molecule has 0 N–H and O–H groups in total. The quantitative estimate of drug-likeness (QED) is 0.715. The topological polar surface area (TPSA) is 69.6 Å². The van der Waals surface area contributed by atoms with E-state index in [1.165, 1.54) is 12.8 Å². The van der Waals surface area contributed by atoms with Crippen LogP contribution in [-0.4, -0.2) is 24.9 Å². The molecular formula is C14H15N5O. The first-order chi connectivity index (χ1) is 9.83. The highest BCUT2D eigenvalue weighted by molar-refractivity contribution is 5.88. The highest BCUT2D eigenvalue weighted by atomic mass is 16.5. The molecule has 0 aliphatic heterocycles. The Morgan fingerprint density at radius 1 is 1.30 bits per heavy atom. The number of aryl methyl sites for hydroxylation is 1. The van der Waals surface area contributed by atoms with Crippen molar-refractivity contribution in [2.45, 2.75) is 38.6 Å². The highest BCUT2D eigenvalue weighted by Crippen LogP contribution is 2.34. The SMILES string of the molecule is Cc1cc(-c2nn(C3CCCC3)c3ncncc23)on1. The van der Waals surface area contributed by atoms with Gasteiger partial charge in [0.25, 0.3) is 0 Å². The molecule has 1 aliphatic carbocycles. The Bertz CT molecular complexity index is 754. The summed E-state index contributed by atoms with van der Waals surface area (Å²) in [6.45, 7) is 1.90. The maximum absolute atomic E-state index is 5.35. The lowest BCUT2D eigenvalue weighted by molar-refractivity contribution is 0.423. The van der Waals surface area contributed by atoms with Crippen molar-refractivity contribution in [2.24, 2.45) is 0 Å². The van der Waals surface area contributed by atoms with Gasteiger partial charge in [-0.1, -0.05) is 18.0 Å². The van der Waals surface area contributed by atoms with Crippen LogP contribution in [0.5, 0.6) is 0 Å². The van der Waals surface area contributed by atoms with Gasteiger partial charge in [-0.2, -0.15) is 5.10 Å². The molecular weight excluding hydrogens is 254 g/mol. The lowest BCUT2D eigenvalue weighted by Crippen LogP contribution is -2.07. The monoisotopic (exact) mass is 269 g/mol. The Kier molecular flexibility index (Phi) is 2.55. The predicted octanol–water partition coefficient (Wildman–Crippen LogP) is 2.90. The summed E-state index contributed by atoms with van der Waals surface area (Å²) < 4.78 is 7.39. The van der Waals surface area contributed by atoms with Crippen molar-refractivity contribution in [2.75, 3.05) is 0 Å². The van der Waals surface area contributed by atoms with Gasteiger partial charge in [0.05, 0.1) is 17.1 Å². The summed E-state index contributed by atoms with van der Waals surface area (Å²) in [7, 11) is 0. The van der Waals surface area contributed by atoms with Gasteiger partial charge in [0.15, 0.2) is 11.4 Å². The molecule has 6 nitrogen and oxygen atoms in total. The number of fused-ring (bicyclic) bond motifs is 1. The third-order valence-corrected chi connectivity index (χ3v) is 3.90. The van der Waals surface area contributed by atoms with E-state index < -0.39 is 0 Å². The zero-order chi connectivity index (χ0) is 13.5. The first-order valence-corrected chi connectivity index (χ1v) is 6.95. The molecule has 0 atom stereocenters. The molecule has 0 spiro atoms. The molecule has 1 fully saturated rings. The van der Waals surface area contributed by atoms with Crippen molar-refractivity contribution < 1.29 is 4.52 Å². The molecule has 1 saturated carbocycles. The molecule has 3 aromatic heterocycles. The van der Waals surface area contributed by atoms with E-state index in [2.05, 4.69) is 15.1 Å². The molecule has 0 aromatic carbocycles. The summed E-state index contributed by atoms with van der Waals surface area (Å²) >= 11 is 0. The second-order valence-corrected chi connectivity index (χ2v) is 5.32. The van der Waals surface area contributed by atoms with E-state index in [0.29, 0.717) is 11.8 Å². The van der Waals surface area contributed by atoms with E-state index in [4.69, 9.17) is 9.62 Å². The van der Waals surface area contributed by atoms with Crippen LogP contribution < -0.4 is 0 Å². The van der Waals surface area contributed by atoms with E-state index in [-0.39, 0.29) is 0 Å². The fraction of sp³-hybridized carbons (Fsp3) is 0.429. The van der Waals surface area contributed by atoms with Crippen molar-refractivity contribution in [1.29, 1.82) is 0 Å². The van der Waals surface area contributed by atoms with Gasteiger partial charge in [0, 0.05) is 12.3 Å². The molecule has 3 heterocycles. The molecule has 0 saturated heterocycles. The Morgan fingerprint density at radius 2 is 2.15 bits per heavy atom. The van der Waals surface area contributed by atoms with Crippen LogP contribution >= 0.6 is 0 Å².